The number of carbonyl (C=O) groups is 2. The summed E-state index contributed by atoms with van der Waals surface area (Å²) < 4.78 is 42.5. The van der Waals surface area contributed by atoms with Crippen LogP contribution < -0.4 is 9.62 Å². The summed E-state index contributed by atoms with van der Waals surface area (Å²) in [5.74, 6) is -1.52. The van der Waals surface area contributed by atoms with Gasteiger partial charge in [0.15, 0.2) is 0 Å². The van der Waals surface area contributed by atoms with Crippen molar-refractivity contribution in [1.82, 2.24) is 10.2 Å². The Kier molecular flexibility index (Phi) is 11.1. The van der Waals surface area contributed by atoms with E-state index in [0.717, 1.165) is 66.2 Å². The van der Waals surface area contributed by atoms with Crippen LogP contribution in [0, 0.1) is 12.7 Å². The number of nitrogens with zero attached hydrogens (tertiary/aromatic N) is 2. The van der Waals surface area contributed by atoms with Crippen molar-refractivity contribution in [3.05, 3.63) is 93.7 Å². The molecule has 1 saturated carbocycles. The van der Waals surface area contributed by atoms with E-state index in [1.807, 2.05) is 6.92 Å². The molecule has 4 rings (SSSR count). The minimum atomic E-state index is -4.31. The lowest BCUT2D eigenvalue weighted by molar-refractivity contribution is -0.140. The Morgan fingerprint density at radius 2 is 1.56 bits per heavy atom. The quantitative estimate of drug-likeness (QED) is 0.245. The van der Waals surface area contributed by atoms with Gasteiger partial charge in [0.1, 0.15) is 18.4 Å². The van der Waals surface area contributed by atoms with Gasteiger partial charge in [-0.2, -0.15) is 0 Å². The summed E-state index contributed by atoms with van der Waals surface area (Å²) in [6.45, 7) is 2.94. The van der Waals surface area contributed by atoms with Crippen LogP contribution in [0.5, 0.6) is 0 Å². The molecule has 230 valence electrons. The number of sulfonamides is 1. The topological polar surface area (TPSA) is 86.8 Å². The van der Waals surface area contributed by atoms with Crippen molar-refractivity contribution in [3.8, 4) is 0 Å². The second-order valence-corrected chi connectivity index (χ2v) is 13.5. The van der Waals surface area contributed by atoms with Crippen LogP contribution in [0.1, 0.15) is 56.6 Å². The van der Waals surface area contributed by atoms with E-state index in [9.17, 15) is 22.4 Å². The van der Waals surface area contributed by atoms with Gasteiger partial charge in [-0.1, -0.05) is 73.2 Å². The van der Waals surface area contributed by atoms with Crippen LogP contribution in [0.25, 0.3) is 0 Å². The zero-order valence-corrected chi connectivity index (χ0v) is 26.6. The standard InChI is InChI=1S/C32H36Cl2FN3O4S/c1-3-30(32(40)36-24-8-5-4-6-9-24)37(20-27-28(33)10-7-11-29(27)34)31(39)21-38(25-16-12-22(2)13-17-25)43(41,42)26-18-14-23(35)15-19-26/h7,10-19,24,30H,3-6,8-9,20-21H2,1-2H3,(H,36,40). The Morgan fingerprint density at radius 3 is 2.14 bits per heavy atom. The number of carbonyl (C=O) groups excluding carboxylic acids is 2. The number of benzene rings is 3. The Bertz CT molecular complexity index is 1510. The minimum absolute atomic E-state index is 0.0130. The minimum Gasteiger partial charge on any atom is -0.352 e. The first-order chi connectivity index (χ1) is 20.5. The highest BCUT2D eigenvalue weighted by molar-refractivity contribution is 7.92. The lowest BCUT2D eigenvalue weighted by Crippen LogP contribution is -2.54. The molecule has 0 saturated heterocycles. The number of aryl methyl sites for hydroxylation is 1. The zero-order chi connectivity index (χ0) is 31.1. The number of hydrogen-bond acceptors (Lipinski definition) is 4. The summed E-state index contributed by atoms with van der Waals surface area (Å²) in [6.07, 6.45) is 5.17. The Morgan fingerprint density at radius 1 is 0.953 bits per heavy atom. The van der Waals surface area contributed by atoms with Gasteiger partial charge in [0.25, 0.3) is 10.0 Å². The van der Waals surface area contributed by atoms with E-state index in [-0.39, 0.29) is 35.5 Å². The summed E-state index contributed by atoms with van der Waals surface area (Å²) in [5.41, 5.74) is 1.60. The summed E-state index contributed by atoms with van der Waals surface area (Å²) >= 11 is 13.0. The average Bonchev–Trinajstić information content (AvgIpc) is 2.98. The second-order valence-electron chi connectivity index (χ2n) is 10.8. The van der Waals surface area contributed by atoms with Crippen LogP contribution in [0.15, 0.2) is 71.6 Å². The molecule has 1 aliphatic carbocycles. The fourth-order valence-electron chi connectivity index (χ4n) is 5.29. The Labute approximate surface area is 263 Å². The molecule has 2 amide bonds. The molecule has 0 spiro atoms. The van der Waals surface area contributed by atoms with Crippen LogP contribution >= 0.6 is 23.2 Å². The van der Waals surface area contributed by atoms with E-state index in [4.69, 9.17) is 23.2 Å². The van der Waals surface area contributed by atoms with Gasteiger partial charge in [-0.05, 0) is 74.7 Å². The number of rotatable bonds is 11. The molecule has 11 heteroatoms. The monoisotopic (exact) mass is 647 g/mol. The van der Waals surface area contributed by atoms with Crippen molar-refractivity contribution < 1.29 is 22.4 Å². The number of nitrogens with one attached hydrogen (secondary N) is 1. The van der Waals surface area contributed by atoms with Crippen LogP contribution in [0.3, 0.4) is 0 Å². The van der Waals surface area contributed by atoms with Crippen molar-refractivity contribution in [3.63, 3.8) is 0 Å². The smallest absolute Gasteiger partial charge is 0.264 e. The fourth-order valence-corrected chi connectivity index (χ4v) is 7.22. The van der Waals surface area contributed by atoms with Crippen LogP contribution in [0.4, 0.5) is 10.1 Å². The first kappa shape index (κ1) is 32.8. The van der Waals surface area contributed by atoms with Gasteiger partial charge in [-0.15, -0.1) is 0 Å². The number of anilines is 1. The summed E-state index contributed by atoms with van der Waals surface area (Å²) in [6, 6.07) is 15.2. The van der Waals surface area contributed by atoms with Gasteiger partial charge >= 0.3 is 0 Å². The van der Waals surface area contributed by atoms with Crippen molar-refractivity contribution >= 4 is 50.7 Å². The van der Waals surface area contributed by atoms with Crippen molar-refractivity contribution in [2.24, 2.45) is 0 Å². The molecule has 3 aromatic rings. The average molecular weight is 649 g/mol. The number of amides is 2. The highest BCUT2D eigenvalue weighted by Gasteiger charge is 2.35. The van der Waals surface area contributed by atoms with E-state index in [1.165, 1.54) is 4.90 Å². The normalized spacial score (nSPS) is 14.6. The lowest BCUT2D eigenvalue weighted by atomic mass is 9.95. The van der Waals surface area contributed by atoms with Gasteiger partial charge in [-0.3, -0.25) is 13.9 Å². The summed E-state index contributed by atoms with van der Waals surface area (Å²) in [4.78, 5) is 29.1. The molecule has 0 bridgehead atoms. The molecular formula is C32H36Cl2FN3O4S. The van der Waals surface area contributed by atoms with Gasteiger partial charge in [-0.25, -0.2) is 12.8 Å². The fraction of sp³-hybridized carbons (Fsp3) is 0.375. The molecule has 1 aliphatic rings. The van der Waals surface area contributed by atoms with Gasteiger partial charge in [0.05, 0.1) is 10.6 Å². The van der Waals surface area contributed by atoms with E-state index >= 15 is 0 Å². The summed E-state index contributed by atoms with van der Waals surface area (Å²) in [7, 11) is -4.31. The van der Waals surface area contributed by atoms with Gasteiger partial charge < -0.3 is 10.2 Å². The predicted molar refractivity (Wildman–Crippen MR) is 168 cm³/mol. The largest absolute Gasteiger partial charge is 0.352 e. The number of hydrogen-bond donors (Lipinski definition) is 1. The van der Waals surface area contributed by atoms with Crippen molar-refractivity contribution in [2.75, 3.05) is 10.8 Å². The Hall–Kier alpha value is -3.14. The molecule has 1 atom stereocenters. The highest BCUT2D eigenvalue weighted by Crippen LogP contribution is 2.29. The second kappa shape index (κ2) is 14.6. The molecule has 1 unspecified atom stereocenters. The van der Waals surface area contributed by atoms with E-state index in [2.05, 4.69) is 5.32 Å². The first-order valence-corrected chi connectivity index (χ1v) is 16.6. The molecule has 43 heavy (non-hydrogen) atoms. The molecule has 0 aromatic heterocycles. The van der Waals surface area contributed by atoms with Gasteiger partial charge in [0.2, 0.25) is 11.8 Å². The third kappa shape index (κ3) is 8.08. The first-order valence-electron chi connectivity index (χ1n) is 14.4. The number of halogens is 3. The van der Waals surface area contributed by atoms with Crippen LogP contribution in [-0.2, 0) is 26.2 Å². The molecule has 0 aliphatic heterocycles. The third-order valence-electron chi connectivity index (χ3n) is 7.73. The lowest BCUT2D eigenvalue weighted by Gasteiger charge is -2.34. The van der Waals surface area contributed by atoms with E-state index in [0.29, 0.717) is 15.6 Å². The Balaban J connectivity index is 1.73. The molecule has 3 aromatic carbocycles. The highest BCUT2D eigenvalue weighted by atomic mass is 35.5. The molecule has 1 N–H and O–H groups in total. The third-order valence-corrected chi connectivity index (χ3v) is 10.2. The van der Waals surface area contributed by atoms with Crippen molar-refractivity contribution in [2.45, 2.75) is 75.9 Å². The predicted octanol–water partition coefficient (Wildman–Crippen LogP) is 6.89. The van der Waals surface area contributed by atoms with E-state index < -0.39 is 34.3 Å². The molecule has 0 radical (unpaired) electrons. The SMILES string of the molecule is CCC(C(=O)NC1CCCCC1)N(Cc1c(Cl)cccc1Cl)C(=O)CN(c1ccc(C)cc1)S(=O)(=O)c1ccc(F)cc1. The molecule has 0 heterocycles. The maximum Gasteiger partial charge on any atom is 0.264 e. The van der Waals surface area contributed by atoms with Crippen LogP contribution in [0.2, 0.25) is 10.0 Å². The maximum atomic E-state index is 14.2. The molecule has 7 nitrogen and oxygen atoms in total. The van der Waals surface area contributed by atoms with Gasteiger partial charge in [0, 0.05) is 28.2 Å². The molecule has 1 fully saturated rings. The molecular weight excluding hydrogens is 612 g/mol. The van der Waals surface area contributed by atoms with Crippen LogP contribution in [-0.4, -0.2) is 43.8 Å². The summed E-state index contributed by atoms with van der Waals surface area (Å²) in [5, 5.41) is 3.75. The van der Waals surface area contributed by atoms with E-state index in [1.54, 1.807) is 49.4 Å². The maximum absolute atomic E-state index is 14.2. The zero-order valence-electron chi connectivity index (χ0n) is 24.2. The van der Waals surface area contributed by atoms with Crippen molar-refractivity contribution in [1.29, 1.82) is 0 Å².